The zero-order chi connectivity index (χ0) is 18.8. The zero-order valence-electron chi connectivity index (χ0n) is 14.2. The first-order valence-corrected chi connectivity index (χ1v) is 7.60. The second kappa shape index (κ2) is 7.11. The van der Waals surface area contributed by atoms with E-state index in [-0.39, 0.29) is 18.9 Å². The van der Waals surface area contributed by atoms with Gasteiger partial charge in [-0.15, -0.1) is 0 Å². The van der Waals surface area contributed by atoms with Crippen LogP contribution in [0.2, 0.25) is 0 Å². The molecule has 0 saturated heterocycles. The Kier molecular flexibility index (Phi) is 5.33. The molecule has 0 radical (unpaired) electrons. The van der Waals surface area contributed by atoms with Crippen LogP contribution in [0.1, 0.15) is 27.3 Å². The molecule has 0 spiro atoms. The highest BCUT2D eigenvalue weighted by Crippen LogP contribution is 2.31. The minimum Gasteiger partial charge on any atom is -0.318 e. The minimum absolute atomic E-state index is 0.0699. The van der Waals surface area contributed by atoms with Crippen molar-refractivity contribution in [3.8, 4) is 11.8 Å². The third-order valence-electron chi connectivity index (χ3n) is 3.92. The average molecular weight is 349 g/mol. The molecule has 0 amide bonds. The highest BCUT2D eigenvalue weighted by atomic mass is 19.4. The highest BCUT2D eigenvalue weighted by Gasteiger charge is 2.30. The summed E-state index contributed by atoms with van der Waals surface area (Å²) in [5.74, 6) is -0.177. The molecule has 0 aliphatic rings. The number of carbonyl (C=O) groups excluding carboxylic acids is 1. The van der Waals surface area contributed by atoms with Crippen LogP contribution in [0.5, 0.6) is 0 Å². The summed E-state index contributed by atoms with van der Waals surface area (Å²) in [7, 11) is 1.66. The number of aryl methyl sites for hydroxylation is 1. The molecule has 0 aliphatic carbocycles. The van der Waals surface area contributed by atoms with Gasteiger partial charge < -0.3 is 4.57 Å². The van der Waals surface area contributed by atoms with Gasteiger partial charge in [-0.2, -0.15) is 18.4 Å². The first-order chi connectivity index (χ1) is 11.6. The predicted octanol–water partition coefficient (Wildman–Crippen LogP) is 3.75. The van der Waals surface area contributed by atoms with Gasteiger partial charge in [-0.05, 0) is 45.2 Å². The van der Waals surface area contributed by atoms with Gasteiger partial charge in [0.15, 0.2) is 5.78 Å². The summed E-state index contributed by atoms with van der Waals surface area (Å²) in [4.78, 5) is 14.0. The van der Waals surface area contributed by atoms with E-state index < -0.39 is 11.7 Å². The Morgan fingerprint density at radius 3 is 2.56 bits per heavy atom. The molecule has 0 N–H and O–H groups in total. The number of nitrogens with zero attached hydrogens (tertiary/aromatic N) is 3. The van der Waals surface area contributed by atoms with E-state index in [1.54, 1.807) is 42.5 Å². The second-order valence-corrected chi connectivity index (χ2v) is 5.92. The number of aromatic nitrogens is 1. The van der Waals surface area contributed by atoms with Crippen LogP contribution < -0.4 is 0 Å². The molecule has 0 bridgehead atoms. The van der Waals surface area contributed by atoms with E-state index >= 15 is 0 Å². The van der Waals surface area contributed by atoms with E-state index in [1.807, 2.05) is 6.07 Å². The molecule has 132 valence electrons. The number of benzene rings is 1. The monoisotopic (exact) mass is 349 g/mol. The van der Waals surface area contributed by atoms with Gasteiger partial charge >= 0.3 is 6.18 Å². The lowest BCUT2D eigenvalue weighted by Crippen LogP contribution is -2.26. The van der Waals surface area contributed by atoms with E-state index in [0.717, 1.165) is 12.1 Å². The van der Waals surface area contributed by atoms with E-state index in [9.17, 15) is 18.0 Å². The highest BCUT2D eigenvalue weighted by molar-refractivity contribution is 5.99. The molecule has 0 fully saturated rings. The topological polar surface area (TPSA) is 49.0 Å². The van der Waals surface area contributed by atoms with Gasteiger partial charge in [-0.1, -0.05) is 6.07 Å². The average Bonchev–Trinajstić information content (AvgIpc) is 2.81. The number of ketones is 1. The van der Waals surface area contributed by atoms with Crippen molar-refractivity contribution in [2.75, 3.05) is 20.1 Å². The summed E-state index contributed by atoms with van der Waals surface area (Å²) in [6.45, 7) is 3.63. The molecule has 1 aromatic carbocycles. The Labute approximate surface area is 144 Å². The number of hydrogen-bond acceptors (Lipinski definition) is 3. The molecule has 4 nitrogen and oxygen atoms in total. The molecule has 0 saturated carbocycles. The van der Waals surface area contributed by atoms with Crippen molar-refractivity contribution >= 4 is 5.78 Å². The number of rotatable bonds is 5. The van der Waals surface area contributed by atoms with Crippen molar-refractivity contribution in [1.29, 1.82) is 5.26 Å². The maximum absolute atomic E-state index is 12.9. The summed E-state index contributed by atoms with van der Waals surface area (Å²) in [5, 5.41) is 8.66. The number of Topliss-reactive ketones (excluding diaryl/α,β-unsaturated/α-hetero) is 1. The maximum atomic E-state index is 12.9. The smallest absolute Gasteiger partial charge is 0.318 e. The Morgan fingerprint density at radius 2 is 1.96 bits per heavy atom. The summed E-state index contributed by atoms with van der Waals surface area (Å²) < 4.78 is 40.4. The van der Waals surface area contributed by atoms with Crippen LogP contribution >= 0.6 is 0 Å². The van der Waals surface area contributed by atoms with Crippen LogP contribution in [0.4, 0.5) is 13.2 Å². The molecule has 2 aromatic rings. The summed E-state index contributed by atoms with van der Waals surface area (Å²) in [5.41, 5.74) is 1.31. The quantitative estimate of drug-likeness (QED) is 0.610. The van der Waals surface area contributed by atoms with Crippen molar-refractivity contribution in [3.05, 3.63) is 52.8 Å². The fourth-order valence-electron chi connectivity index (χ4n) is 2.77. The van der Waals surface area contributed by atoms with Gasteiger partial charge in [0.25, 0.3) is 0 Å². The lowest BCUT2D eigenvalue weighted by Gasteiger charge is -2.14. The lowest BCUT2D eigenvalue weighted by molar-refractivity contribution is -0.137. The lowest BCUT2D eigenvalue weighted by atomic mass is 10.1. The van der Waals surface area contributed by atoms with Crippen molar-refractivity contribution in [1.82, 2.24) is 9.47 Å². The summed E-state index contributed by atoms with van der Waals surface area (Å²) >= 11 is 0. The van der Waals surface area contributed by atoms with Gasteiger partial charge in [0.2, 0.25) is 0 Å². The number of carbonyl (C=O) groups is 1. The first-order valence-electron chi connectivity index (χ1n) is 7.60. The van der Waals surface area contributed by atoms with Crippen molar-refractivity contribution in [3.63, 3.8) is 0 Å². The van der Waals surface area contributed by atoms with Crippen LogP contribution in [0.15, 0.2) is 30.3 Å². The molecule has 25 heavy (non-hydrogen) atoms. The minimum atomic E-state index is -4.43. The van der Waals surface area contributed by atoms with E-state index in [1.165, 1.54) is 6.07 Å². The van der Waals surface area contributed by atoms with Gasteiger partial charge in [-0.3, -0.25) is 9.69 Å². The molecular formula is C18H18F3N3O. The largest absolute Gasteiger partial charge is 0.416 e. The van der Waals surface area contributed by atoms with Crippen LogP contribution in [-0.2, 0) is 6.18 Å². The Hall–Kier alpha value is -2.59. The Morgan fingerprint density at radius 1 is 1.28 bits per heavy atom. The molecular weight excluding hydrogens is 331 g/mol. The normalized spacial score (nSPS) is 11.6. The summed E-state index contributed by atoms with van der Waals surface area (Å²) in [6, 6.07) is 8.63. The number of nitriles is 1. The van der Waals surface area contributed by atoms with Crippen LogP contribution in [0.25, 0.3) is 5.69 Å². The van der Waals surface area contributed by atoms with E-state index in [0.29, 0.717) is 22.6 Å². The number of alkyl halides is 3. The molecule has 0 unspecified atom stereocenters. The van der Waals surface area contributed by atoms with Crippen molar-refractivity contribution in [2.24, 2.45) is 0 Å². The molecule has 7 heteroatoms. The summed E-state index contributed by atoms with van der Waals surface area (Å²) in [6.07, 6.45) is -4.43. The third-order valence-corrected chi connectivity index (χ3v) is 3.92. The second-order valence-electron chi connectivity index (χ2n) is 5.92. The molecule has 2 rings (SSSR count). The molecule has 1 heterocycles. The number of hydrogen-bond donors (Lipinski definition) is 0. The van der Waals surface area contributed by atoms with Gasteiger partial charge in [0, 0.05) is 22.6 Å². The fourth-order valence-corrected chi connectivity index (χ4v) is 2.77. The molecule has 0 aliphatic heterocycles. The van der Waals surface area contributed by atoms with Gasteiger partial charge in [-0.25, -0.2) is 0 Å². The van der Waals surface area contributed by atoms with Gasteiger partial charge in [0.1, 0.15) is 0 Å². The van der Waals surface area contributed by atoms with Gasteiger partial charge in [0.05, 0.1) is 24.7 Å². The number of halogens is 3. The van der Waals surface area contributed by atoms with E-state index in [2.05, 4.69) is 0 Å². The zero-order valence-corrected chi connectivity index (χ0v) is 14.2. The fraction of sp³-hybridized carbons (Fsp3) is 0.333. The first kappa shape index (κ1) is 18.7. The predicted molar refractivity (Wildman–Crippen MR) is 87.7 cm³/mol. The molecule has 0 atom stereocenters. The SMILES string of the molecule is Cc1cc(C(=O)CN(C)CC#N)c(C)n1-c1cccc(C(F)(F)F)c1. The van der Waals surface area contributed by atoms with Crippen LogP contribution in [0, 0.1) is 25.2 Å². The third kappa shape index (κ3) is 4.09. The molecule has 1 aromatic heterocycles. The van der Waals surface area contributed by atoms with Crippen LogP contribution in [-0.4, -0.2) is 35.4 Å². The maximum Gasteiger partial charge on any atom is 0.416 e. The van der Waals surface area contributed by atoms with E-state index in [4.69, 9.17) is 5.26 Å². The standard InChI is InChI=1S/C18H18F3N3O/c1-12-9-16(17(25)11-23(3)8-7-22)13(2)24(12)15-6-4-5-14(10-15)18(19,20)21/h4-6,9-10H,8,11H2,1-3H3. The number of likely N-dealkylation sites (N-methyl/N-ethyl adjacent to an activating group) is 1. The Bertz CT molecular complexity index is 831. The van der Waals surface area contributed by atoms with Crippen molar-refractivity contribution < 1.29 is 18.0 Å². The van der Waals surface area contributed by atoms with Crippen molar-refractivity contribution in [2.45, 2.75) is 20.0 Å². The van der Waals surface area contributed by atoms with Crippen LogP contribution in [0.3, 0.4) is 0 Å². The Balaban J connectivity index is 2.41.